The summed E-state index contributed by atoms with van der Waals surface area (Å²) in [5.74, 6) is -0.424. The summed E-state index contributed by atoms with van der Waals surface area (Å²) in [6, 6.07) is 2.98. The zero-order valence-electron chi connectivity index (χ0n) is 7.19. The largest absolute Gasteiger partial charge is 0.462 e. The Morgan fingerprint density at radius 2 is 2.38 bits per heavy atom. The van der Waals surface area contributed by atoms with E-state index in [1.165, 1.54) is 18.3 Å². The molecule has 1 aromatic rings. The Morgan fingerprint density at radius 3 is 2.85 bits per heavy atom. The third kappa shape index (κ3) is 2.37. The van der Waals surface area contributed by atoms with E-state index in [0.717, 1.165) is 0 Å². The van der Waals surface area contributed by atoms with Crippen molar-refractivity contribution in [2.75, 3.05) is 6.61 Å². The molecule has 0 radical (unpaired) electrons. The molecule has 1 rings (SSSR count). The van der Waals surface area contributed by atoms with Gasteiger partial charge in [-0.2, -0.15) is 0 Å². The van der Waals surface area contributed by atoms with Crippen LogP contribution in [0.2, 0.25) is 0 Å². The van der Waals surface area contributed by atoms with Crippen LogP contribution in [-0.4, -0.2) is 23.8 Å². The maximum absolute atomic E-state index is 11.1. The average Bonchev–Trinajstić information content (AvgIpc) is 2.18. The number of carbonyl (C=O) groups excluding carboxylic acids is 2. The number of aromatic nitrogens is 1. The van der Waals surface area contributed by atoms with Gasteiger partial charge in [-0.25, -0.2) is 4.79 Å². The molecular formula is C9H9NO3. The molecule has 0 aliphatic carbocycles. The molecule has 0 amide bonds. The summed E-state index contributed by atoms with van der Waals surface area (Å²) >= 11 is 0. The summed E-state index contributed by atoms with van der Waals surface area (Å²) in [4.78, 5) is 25.1. The smallest absolute Gasteiger partial charge is 0.339 e. The summed E-state index contributed by atoms with van der Waals surface area (Å²) < 4.78 is 4.73. The van der Waals surface area contributed by atoms with Gasteiger partial charge in [0, 0.05) is 6.20 Å². The molecule has 0 aliphatic heterocycles. The number of carbonyl (C=O) groups is 2. The minimum absolute atomic E-state index is 0.299. The first kappa shape index (κ1) is 9.38. The Bertz CT molecular complexity index is 305. The van der Waals surface area contributed by atoms with E-state index < -0.39 is 5.97 Å². The van der Waals surface area contributed by atoms with Gasteiger partial charge >= 0.3 is 5.97 Å². The molecule has 0 bridgehead atoms. The highest BCUT2D eigenvalue weighted by Gasteiger charge is 2.05. The Morgan fingerprint density at radius 1 is 1.62 bits per heavy atom. The van der Waals surface area contributed by atoms with Gasteiger partial charge in [0.2, 0.25) is 0 Å². The molecule has 1 heterocycles. The van der Waals surface area contributed by atoms with E-state index in [9.17, 15) is 9.59 Å². The first-order valence-corrected chi connectivity index (χ1v) is 3.86. The number of ether oxygens (including phenoxy) is 1. The highest BCUT2D eigenvalue weighted by Crippen LogP contribution is 2.00. The van der Waals surface area contributed by atoms with Gasteiger partial charge in [0.1, 0.15) is 5.69 Å². The van der Waals surface area contributed by atoms with E-state index in [1.54, 1.807) is 6.92 Å². The minimum atomic E-state index is -0.424. The maximum atomic E-state index is 11.1. The van der Waals surface area contributed by atoms with E-state index in [2.05, 4.69) is 4.98 Å². The van der Waals surface area contributed by atoms with Crippen molar-refractivity contribution < 1.29 is 14.3 Å². The van der Waals surface area contributed by atoms with Gasteiger partial charge in [0.25, 0.3) is 0 Å². The molecule has 1 aromatic heterocycles. The van der Waals surface area contributed by atoms with Crippen LogP contribution in [0.5, 0.6) is 0 Å². The Labute approximate surface area is 75.5 Å². The fraction of sp³-hybridized carbons (Fsp3) is 0.222. The number of hydrogen-bond acceptors (Lipinski definition) is 4. The second-order valence-corrected chi connectivity index (χ2v) is 2.31. The number of rotatable bonds is 3. The fourth-order valence-electron chi connectivity index (χ4n) is 0.810. The van der Waals surface area contributed by atoms with Crippen LogP contribution in [0.15, 0.2) is 18.3 Å². The molecule has 0 atom stereocenters. The molecule has 0 fully saturated rings. The van der Waals surface area contributed by atoms with Gasteiger partial charge in [-0.1, -0.05) is 0 Å². The molecule has 0 aliphatic rings. The molecule has 0 spiro atoms. The van der Waals surface area contributed by atoms with Crippen molar-refractivity contribution in [1.29, 1.82) is 0 Å². The third-order valence-electron chi connectivity index (χ3n) is 1.42. The van der Waals surface area contributed by atoms with Gasteiger partial charge in [-0.3, -0.25) is 9.78 Å². The molecule has 0 N–H and O–H groups in total. The SMILES string of the molecule is CCOC(=O)c1ccc(C=O)nc1. The lowest BCUT2D eigenvalue weighted by Crippen LogP contribution is -2.05. The van der Waals surface area contributed by atoms with Crippen LogP contribution in [0.4, 0.5) is 0 Å². The topological polar surface area (TPSA) is 56.3 Å². The molecule has 4 nitrogen and oxygen atoms in total. The third-order valence-corrected chi connectivity index (χ3v) is 1.42. The van der Waals surface area contributed by atoms with Crippen molar-refractivity contribution in [3.63, 3.8) is 0 Å². The molecule has 68 valence electrons. The van der Waals surface area contributed by atoms with Crippen molar-refractivity contribution in [3.05, 3.63) is 29.6 Å². The van der Waals surface area contributed by atoms with Gasteiger partial charge in [-0.05, 0) is 19.1 Å². The predicted octanol–water partition coefficient (Wildman–Crippen LogP) is 1.07. The monoisotopic (exact) mass is 179 g/mol. The van der Waals surface area contributed by atoms with Crippen LogP contribution >= 0.6 is 0 Å². The van der Waals surface area contributed by atoms with Crippen molar-refractivity contribution in [2.24, 2.45) is 0 Å². The average molecular weight is 179 g/mol. The van der Waals surface area contributed by atoms with Crippen LogP contribution < -0.4 is 0 Å². The summed E-state index contributed by atoms with van der Waals surface area (Å²) in [5, 5.41) is 0. The predicted molar refractivity (Wildman–Crippen MR) is 45.6 cm³/mol. The van der Waals surface area contributed by atoms with Crippen LogP contribution in [0.1, 0.15) is 27.8 Å². The van der Waals surface area contributed by atoms with Crippen LogP contribution in [-0.2, 0) is 4.74 Å². The maximum Gasteiger partial charge on any atom is 0.339 e. The quantitative estimate of drug-likeness (QED) is 0.514. The van der Waals surface area contributed by atoms with Gasteiger partial charge in [0.15, 0.2) is 6.29 Å². The van der Waals surface area contributed by atoms with E-state index >= 15 is 0 Å². The number of pyridine rings is 1. The molecule has 0 saturated heterocycles. The van der Waals surface area contributed by atoms with Gasteiger partial charge in [-0.15, -0.1) is 0 Å². The number of esters is 1. The first-order valence-electron chi connectivity index (χ1n) is 3.86. The van der Waals surface area contributed by atoms with E-state index in [-0.39, 0.29) is 0 Å². The second kappa shape index (κ2) is 4.35. The van der Waals surface area contributed by atoms with Gasteiger partial charge in [0.05, 0.1) is 12.2 Å². The van der Waals surface area contributed by atoms with Gasteiger partial charge < -0.3 is 4.74 Å². The Kier molecular flexibility index (Phi) is 3.14. The zero-order chi connectivity index (χ0) is 9.68. The van der Waals surface area contributed by atoms with Crippen LogP contribution in [0, 0.1) is 0 Å². The fourth-order valence-corrected chi connectivity index (χ4v) is 0.810. The summed E-state index contributed by atoms with van der Waals surface area (Å²) in [6.45, 7) is 2.05. The molecule has 13 heavy (non-hydrogen) atoms. The summed E-state index contributed by atoms with van der Waals surface area (Å²) in [7, 11) is 0. The van der Waals surface area contributed by atoms with Crippen molar-refractivity contribution >= 4 is 12.3 Å². The number of hydrogen-bond donors (Lipinski definition) is 0. The summed E-state index contributed by atoms with van der Waals surface area (Å²) in [5.41, 5.74) is 0.653. The molecule has 0 aromatic carbocycles. The van der Waals surface area contributed by atoms with Crippen molar-refractivity contribution in [1.82, 2.24) is 4.98 Å². The lowest BCUT2D eigenvalue weighted by atomic mass is 10.2. The van der Waals surface area contributed by atoms with Crippen LogP contribution in [0.25, 0.3) is 0 Å². The highest BCUT2D eigenvalue weighted by molar-refractivity contribution is 5.89. The Balaban J connectivity index is 2.79. The summed E-state index contributed by atoms with van der Waals surface area (Å²) in [6.07, 6.45) is 1.94. The molecule has 4 heteroatoms. The molecule has 0 saturated carbocycles. The van der Waals surface area contributed by atoms with Crippen LogP contribution in [0.3, 0.4) is 0 Å². The van der Waals surface area contributed by atoms with Crippen molar-refractivity contribution in [3.8, 4) is 0 Å². The van der Waals surface area contributed by atoms with Crippen molar-refractivity contribution in [2.45, 2.75) is 6.92 Å². The van der Waals surface area contributed by atoms with E-state index in [0.29, 0.717) is 24.2 Å². The minimum Gasteiger partial charge on any atom is -0.462 e. The number of nitrogens with zero attached hydrogens (tertiary/aromatic N) is 1. The lowest BCUT2D eigenvalue weighted by molar-refractivity contribution is 0.0525. The van der Waals surface area contributed by atoms with E-state index in [1.807, 2.05) is 0 Å². The molecule has 0 unspecified atom stereocenters. The first-order chi connectivity index (χ1) is 6.27. The number of aldehydes is 1. The normalized spacial score (nSPS) is 9.31. The highest BCUT2D eigenvalue weighted by atomic mass is 16.5. The lowest BCUT2D eigenvalue weighted by Gasteiger charge is -1.99. The Hall–Kier alpha value is -1.71. The standard InChI is InChI=1S/C9H9NO3/c1-2-13-9(12)7-3-4-8(6-11)10-5-7/h3-6H,2H2,1H3. The second-order valence-electron chi connectivity index (χ2n) is 2.31. The molecular weight excluding hydrogens is 170 g/mol. The zero-order valence-corrected chi connectivity index (χ0v) is 7.19. The van der Waals surface area contributed by atoms with E-state index in [4.69, 9.17) is 4.74 Å².